The first kappa shape index (κ1) is 13.9. The Morgan fingerprint density at radius 3 is 3.00 bits per heavy atom. The number of aryl methyl sites for hydroxylation is 1. The molecule has 2 heterocycles. The van der Waals surface area contributed by atoms with Gasteiger partial charge in [-0.05, 0) is 56.2 Å². The van der Waals surface area contributed by atoms with Crippen LogP contribution in [0.3, 0.4) is 0 Å². The standard InChI is InChI=1S/C17H22N2S/c1-13-4-6-15-10-14(5-7-16(15)19-13)11-18-12-17(2)8-3-9-20-17/h4-7,10,18H,3,8-9,11-12H2,1-2H3. The Hall–Kier alpha value is -1.06. The summed E-state index contributed by atoms with van der Waals surface area (Å²) in [6.07, 6.45) is 2.70. The average Bonchev–Trinajstić information content (AvgIpc) is 2.86. The fraction of sp³-hybridized carbons (Fsp3) is 0.471. The van der Waals surface area contributed by atoms with Crippen LogP contribution in [0.2, 0.25) is 0 Å². The second-order valence-electron chi connectivity index (χ2n) is 5.99. The molecule has 1 atom stereocenters. The van der Waals surface area contributed by atoms with E-state index in [1.165, 1.54) is 29.5 Å². The molecule has 1 N–H and O–H groups in total. The van der Waals surface area contributed by atoms with E-state index in [1.807, 2.05) is 6.92 Å². The van der Waals surface area contributed by atoms with E-state index < -0.39 is 0 Å². The number of nitrogens with zero attached hydrogens (tertiary/aromatic N) is 1. The van der Waals surface area contributed by atoms with Crippen molar-refractivity contribution in [2.45, 2.75) is 38.0 Å². The van der Waals surface area contributed by atoms with Crippen LogP contribution in [0.4, 0.5) is 0 Å². The molecule has 106 valence electrons. The first-order valence-electron chi connectivity index (χ1n) is 7.36. The number of hydrogen-bond acceptors (Lipinski definition) is 3. The molecule has 2 nitrogen and oxygen atoms in total. The lowest BCUT2D eigenvalue weighted by molar-refractivity contribution is 0.537. The summed E-state index contributed by atoms with van der Waals surface area (Å²) in [6, 6.07) is 10.8. The van der Waals surface area contributed by atoms with Gasteiger partial charge in [-0.25, -0.2) is 0 Å². The van der Waals surface area contributed by atoms with Crippen molar-refractivity contribution in [1.29, 1.82) is 0 Å². The van der Waals surface area contributed by atoms with Crippen LogP contribution in [-0.2, 0) is 6.54 Å². The van der Waals surface area contributed by atoms with Crippen molar-refractivity contribution < 1.29 is 0 Å². The number of rotatable bonds is 4. The Morgan fingerprint density at radius 1 is 1.30 bits per heavy atom. The van der Waals surface area contributed by atoms with Crippen LogP contribution in [0.25, 0.3) is 10.9 Å². The third-order valence-corrected chi connectivity index (χ3v) is 5.56. The van der Waals surface area contributed by atoms with Gasteiger partial charge in [-0.2, -0.15) is 11.8 Å². The molecule has 1 saturated heterocycles. The van der Waals surface area contributed by atoms with Gasteiger partial charge in [0.05, 0.1) is 5.52 Å². The molecule has 1 unspecified atom stereocenters. The van der Waals surface area contributed by atoms with E-state index in [2.05, 4.69) is 59.3 Å². The van der Waals surface area contributed by atoms with Gasteiger partial charge in [-0.1, -0.05) is 12.1 Å². The first-order valence-corrected chi connectivity index (χ1v) is 8.34. The zero-order valence-electron chi connectivity index (χ0n) is 12.3. The predicted molar refractivity (Wildman–Crippen MR) is 88.3 cm³/mol. The molecule has 3 rings (SSSR count). The second kappa shape index (κ2) is 5.74. The van der Waals surface area contributed by atoms with Crippen molar-refractivity contribution in [3.63, 3.8) is 0 Å². The smallest absolute Gasteiger partial charge is 0.0705 e. The van der Waals surface area contributed by atoms with Gasteiger partial charge in [0.15, 0.2) is 0 Å². The summed E-state index contributed by atoms with van der Waals surface area (Å²) in [5.74, 6) is 1.32. The molecule has 1 fully saturated rings. The molecule has 1 aliphatic heterocycles. The number of fused-ring (bicyclic) bond motifs is 1. The minimum atomic E-state index is 0.440. The number of hydrogen-bond donors (Lipinski definition) is 1. The molecule has 1 aromatic carbocycles. The maximum atomic E-state index is 4.55. The average molecular weight is 286 g/mol. The van der Waals surface area contributed by atoms with E-state index in [-0.39, 0.29) is 0 Å². The molecule has 0 bridgehead atoms. The molecule has 0 aliphatic carbocycles. The zero-order valence-corrected chi connectivity index (χ0v) is 13.1. The number of thioether (sulfide) groups is 1. The van der Waals surface area contributed by atoms with Gasteiger partial charge in [0.1, 0.15) is 0 Å². The lowest BCUT2D eigenvalue weighted by Gasteiger charge is -2.23. The van der Waals surface area contributed by atoms with Crippen LogP contribution < -0.4 is 5.32 Å². The summed E-state index contributed by atoms with van der Waals surface area (Å²) in [5.41, 5.74) is 3.51. The number of pyridine rings is 1. The largest absolute Gasteiger partial charge is 0.311 e. The summed E-state index contributed by atoms with van der Waals surface area (Å²) in [7, 11) is 0. The molecule has 0 radical (unpaired) electrons. The van der Waals surface area contributed by atoms with Crippen molar-refractivity contribution in [3.8, 4) is 0 Å². The number of nitrogens with one attached hydrogen (secondary N) is 1. The Kier molecular flexibility index (Phi) is 3.99. The SMILES string of the molecule is Cc1ccc2cc(CNCC3(C)CCCS3)ccc2n1. The first-order chi connectivity index (χ1) is 9.65. The van der Waals surface area contributed by atoms with Gasteiger partial charge >= 0.3 is 0 Å². The van der Waals surface area contributed by atoms with E-state index in [4.69, 9.17) is 0 Å². The van der Waals surface area contributed by atoms with Crippen LogP contribution in [0.15, 0.2) is 30.3 Å². The summed E-state index contributed by atoms with van der Waals surface area (Å²) in [6.45, 7) is 6.46. The van der Waals surface area contributed by atoms with Crippen molar-refractivity contribution in [3.05, 3.63) is 41.6 Å². The van der Waals surface area contributed by atoms with Crippen molar-refractivity contribution in [2.24, 2.45) is 0 Å². The third-order valence-electron chi connectivity index (χ3n) is 4.02. The highest BCUT2D eigenvalue weighted by molar-refractivity contribution is 8.00. The molecule has 0 amide bonds. The maximum Gasteiger partial charge on any atom is 0.0705 e. The maximum absolute atomic E-state index is 4.55. The van der Waals surface area contributed by atoms with Gasteiger partial charge in [0, 0.05) is 28.9 Å². The summed E-state index contributed by atoms with van der Waals surface area (Å²) in [4.78, 5) is 4.55. The molecular formula is C17H22N2S. The topological polar surface area (TPSA) is 24.9 Å². The van der Waals surface area contributed by atoms with Crippen LogP contribution in [-0.4, -0.2) is 22.0 Å². The summed E-state index contributed by atoms with van der Waals surface area (Å²) < 4.78 is 0.440. The van der Waals surface area contributed by atoms with Crippen LogP contribution in [0.1, 0.15) is 31.0 Å². The number of benzene rings is 1. The Balaban J connectivity index is 1.64. The fourth-order valence-electron chi connectivity index (χ4n) is 2.83. The normalized spacial score (nSPS) is 22.5. The fourth-order valence-corrected chi connectivity index (χ4v) is 4.11. The molecule has 0 saturated carbocycles. The molecule has 1 aromatic heterocycles. The third kappa shape index (κ3) is 3.15. The molecule has 3 heteroatoms. The van der Waals surface area contributed by atoms with Gasteiger partial charge in [0.25, 0.3) is 0 Å². The van der Waals surface area contributed by atoms with Crippen molar-refractivity contribution >= 4 is 22.7 Å². The molecular weight excluding hydrogens is 264 g/mol. The minimum Gasteiger partial charge on any atom is -0.311 e. The van der Waals surface area contributed by atoms with E-state index in [0.29, 0.717) is 4.75 Å². The van der Waals surface area contributed by atoms with Gasteiger partial charge in [-0.3, -0.25) is 4.98 Å². The zero-order chi connectivity index (χ0) is 14.0. The quantitative estimate of drug-likeness (QED) is 0.922. The van der Waals surface area contributed by atoms with E-state index in [0.717, 1.165) is 24.3 Å². The minimum absolute atomic E-state index is 0.440. The van der Waals surface area contributed by atoms with Crippen LogP contribution in [0, 0.1) is 6.92 Å². The molecule has 1 aliphatic rings. The lowest BCUT2D eigenvalue weighted by Crippen LogP contribution is -2.32. The Labute approximate surface area is 125 Å². The van der Waals surface area contributed by atoms with E-state index in [9.17, 15) is 0 Å². The van der Waals surface area contributed by atoms with E-state index >= 15 is 0 Å². The Bertz CT molecular complexity index is 603. The van der Waals surface area contributed by atoms with Crippen molar-refractivity contribution in [2.75, 3.05) is 12.3 Å². The van der Waals surface area contributed by atoms with Gasteiger partial charge < -0.3 is 5.32 Å². The van der Waals surface area contributed by atoms with Gasteiger partial charge in [-0.15, -0.1) is 0 Å². The van der Waals surface area contributed by atoms with Crippen LogP contribution >= 0.6 is 11.8 Å². The molecule has 0 spiro atoms. The number of aromatic nitrogens is 1. The van der Waals surface area contributed by atoms with Gasteiger partial charge in [0.2, 0.25) is 0 Å². The van der Waals surface area contributed by atoms with Crippen molar-refractivity contribution in [1.82, 2.24) is 10.3 Å². The molecule has 20 heavy (non-hydrogen) atoms. The highest BCUT2D eigenvalue weighted by Crippen LogP contribution is 2.36. The molecule has 2 aromatic rings. The highest BCUT2D eigenvalue weighted by Gasteiger charge is 2.28. The van der Waals surface area contributed by atoms with Crippen LogP contribution in [0.5, 0.6) is 0 Å². The monoisotopic (exact) mass is 286 g/mol. The lowest BCUT2D eigenvalue weighted by atomic mass is 10.1. The summed E-state index contributed by atoms with van der Waals surface area (Å²) in [5, 5.41) is 4.85. The second-order valence-corrected chi connectivity index (χ2v) is 7.67. The predicted octanol–water partition coefficient (Wildman–Crippen LogP) is 3.92. The Morgan fingerprint density at radius 2 is 2.20 bits per heavy atom. The van der Waals surface area contributed by atoms with E-state index in [1.54, 1.807) is 0 Å². The summed E-state index contributed by atoms with van der Waals surface area (Å²) >= 11 is 2.11. The highest BCUT2D eigenvalue weighted by atomic mass is 32.2.